The van der Waals surface area contributed by atoms with Gasteiger partial charge in [0.15, 0.2) is 6.10 Å². The molecular formula is C18H18Cl2N2O4. The first kappa shape index (κ1) is 19.9. The third kappa shape index (κ3) is 5.28. The van der Waals surface area contributed by atoms with E-state index in [1.165, 1.54) is 20.1 Å². The highest BCUT2D eigenvalue weighted by Gasteiger charge is 2.18. The second-order valence-corrected chi connectivity index (χ2v) is 6.26. The molecule has 138 valence electrons. The Morgan fingerprint density at radius 3 is 2.35 bits per heavy atom. The summed E-state index contributed by atoms with van der Waals surface area (Å²) in [4.78, 5) is 23.6. The molecule has 2 rings (SSSR count). The predicted octanol–water partition coefficient (Wildman–Crippen LogP) is 4.37. The number of anilines is 2. The lowest BCUT2D eigenvalue weighted by Gasteiger charge is -2.17. The van der Waals surface area contributed by atoms with Gasteiger partial charge in [-0.2, -0.15) is 0 Å². The van der Waals surface area contributed by atoms with Crippen molar-refractivity contribution in [3.05, 3.63) is 46.4 Å². The molecule has 0 spiro atoms. The summed E-state index contributed by atoms with van der Waals surface area (Å²) in [7, 11) is 1.48. The largest absolute Gasteiger partial charge is 0.495 e. The van der Waals surface area contributed by atoms with Crippen LogP contribution < -0.4 is 20.1 Å². The molecule has 0 saturated heterocycles. The highest BCUT2D eigenvalue weighted by Crippen LogP contribution is 2.30. The van der Waals surface area contributed by atoms with Crippen LogP contribution in [0.15, 0.2) is 36.4 Å². The lowest BCUT2D eigenvalue weighted by atomic mass is 10.2. The molecule has 2 N–H and O–H groups in total. The Bertz CT molecular complexity index is 827. The Hall–Kier alpha value is -2.44. The molecule has 0 radical (unpaired) electrons. The van der Waals surface area contributed by atoms with Gasteiger partial charge in [-0.25, -0.2) is 0 Å². The van der Waals surface area contributed by atoms with Gasteiger partial charge in [-0.1, -0.05) is 23.2 Å². The predicted molar refractivity (Wildman–Crippen MR) is 102 cm³/mol. The molecule has 0 aliphatic rings. The van der Waals surface area contributed by atoms with Crippen LogP contribution in [0.4, 0.5) is 11.4 Å². The molecule has 2 aromatic rings. The van der Waals surface area contributed by atoms with Crippen LogP contribution >= 0.6 is 23.2 Å². The molecular weight excluding hydrogens is 379 g/mol. The molecule has 1 unspecified atom stereocenters. The third-order valence-electron chi connectivity index (χ3n) is 3.34. The second kappa shape index (κ2) is 8.78. The van der Waals surface area contributed by atoms with Crippen LogP contribution in [0, 0.1) is 0 Å². The molecule has 0 fully saturated rings. The molecule has 0 bridgehead atoms. The third-order valence-corrected chi connectivity index (χ3v) is 3.88. The van der Waals surface area contributed by atoms with Gasteiger partial charge in [0, 0.05) is 17.6 Å². The summed E-state index contributed by atoms with van der Waals surface area (Å²) >= 11 is 11.9. The Morgan fingerprint density at radius 2 is 1.73 bits per heavy atom. The van der Waals surface area contributed by atoms with Crippen molar-refractivity contribution in [1.29, 1.82) is 0 Å². The fourth-order valence-electron chi connectivity index (χ4n) is 2.14. The summed E-state index contributed by atoms with van der Waals surface area (Å²) in [6.45, 7) is 2.98. The minimum Gasteiger partial charge on any atom is -0.495 e. The number of hydrogen-bond acceptors (Lipinski definition) is 4. The first-order valence-electron chi connectivity index (χ1n) is 7.68. The molecule has 0 aliphatic carbocycles. The first-order valence-corrected chi connectivity index (χ1v) is 8.44. The number of amides is 2. The van der Waals surface area contributed by atoms with E-state index in [4.69, 9.17) is 32.7 Å². The molecule has 0 aliphatic heterocycles. The van der Waals surface area contributed by atoms with Gasteiger partial charge in [0.25, 0.3) is 5.91 Å². The summed E-state index contributed by atoms with van der Waals surface area (Å²) in [5, 5.41) is 6.14. The van der Waals surface area contributed by atoms with Gasteiger partial charge in [0.2, 0.25) is 5.91 Å². The quantitative estimate of drug-likeness (QED) is 0.759. The number of methoxy groups -OCH3 is 1. The molecule has 0 saturated carbocycles. The van der Waals surface area contributed by atoms with Gasteiger partial charge < -0.3 is 20.1 Å². The van der Waals surface area contributed by atoms with E-state index in [0.717, 1.165) is 0 Å². The Balaban J connectivity index is 2.13. The second-order valence-electron chi connectivity index (χ2n) is 5.42. The van der Waals surface area contributed by atoms with E-state index < -0.39 is 12.0 Å². The van der Waals surface area contributed by atoms with Crippen LogP contribution in [-0.2, 0) is 9.59 Å². The number of rotatable bonds is 6. The standard InChI is InChI=1S/C18H18Cl2N2O4/c1-10(26-16-6-4-12(19)8-14(16)20)18(24)22-15-9-13(21-11(2)23)5-7-17(15)25-3/h4-10H,1-3H3,(H,21,23)(H,22,24). The highest BCUT2D eigenvalue weighted by molar-refractivity contribution is 6.35. The van der Waals surface area contributed by atoms with Crippen molar-refractivity contribution < 1.29 is 19.1 Å². The number of hydrogen-bond donors (Lipinski definition) is 2. The van der Waals surface area contributed by atoms with Crippen LogP contribution in [0.5, 0.6) is 11.5 Å². The number of carbonyl (C=O) groups excluding carboxylic acids is 2. The van der Waals surface area contributed by atoms with Crippen LogP contribution in [-0.4, -0.2) is 25.0 Å². The Kier molecular flexibility index (Phi) is 6.71. The van der Waals surface area contributed by atoms with Crippen molar-refractivity contribution in [3.8, 4) is 11.5 Å². The van der Waals surface area contributed by atoms with Crippen LogP contribution in [0.25, 0.3) is 0 Å². The molecule has 0 heterocycles. The number of ether oxygens (including phenoxy) is 2. The zero-order valence-electron chi connectivity index (χ0n) is 14.4. The molecule has 0 aromatic heterocycles. The molecule has 6 nitrogen and oxygen atoms in total. The van der Waals surface area contributed by atoms with Gasteiger partial charge >= 0.3 is 0 Å². The van der Waals surface area contributed by atoms with Crippen molar-refractivity contribution in [3.63, 3.8) is 0 Å². The van der Waals surface area contributed by atoms with E-state index in [1.807, 2.05) is 0 Å². The summed E-state index contributed by atoms with van der Waals surface area (Å²) < 4.78 is 10.8. The molecule has 8 heteroatoms. The van der Waals surface area contributed by atoms with Gasteiger partial charge in [0.1, 0.15) is 11.5 Å². The average molecular weight is 397 g/mol. The van der Waals surface area contributed by atoms with Crippen molar-refractivity contribution in [2.75, 3.05) is 17.7 Å². The maximum Gasteiger partial charge on any atom is 0.265 e. The van der Waals surface area contributed by atoms with E-state index in [9.17, 15) is 9.59 Å². The van der Waals surface area contributed by atoms with Gasteiger partial charge in [-0.3, -0.25) is 9.59 Å². The summed E-state index contributed by atoms with van der Waals surface area (Å²) in [5.41, 5.74) is 0.935. The fourth-order valence-corrected chi connectivity index (χ4v) is 2.59. The number of benzene rings is 2. The Labute approximate surface area is 161 Å². The topological polar surface area (TPSA) is 76.7 Å². The number of halogens is 2. The molecule has 2 amide bonds. The lowest BCUT2D eigenvalue weighted by molar-refractivity contribution is -0.122. The van der Waals surface area contributed by atoms with Crippen LogP contribution in [0.3, 0.4) is 0 Å². The monoisotopic (exact) mass is 396 g/mol. The average Bonchev–Trinajstić information content (AvgIpc) is 2.57. The summed E-state index contributed by atoms with van der Waals surface area (Å²) in [6, 6.07) is 9.65. The van der Waals surface area contributed by atoms with Crippen molar-refractivity contribution >= 4 is 46.4 Å². The smallest absolute Gasteiger partial charge is 0.265 e. The first-order chi connectivity index (χ1) is 12.3. The van der Waals surface area contributed by atoms with Crippen molar-refractivity contribution in [2.24, 2.45) is 0 Å². The van der Waals surface area contributed by atoms with Gasteiger partial charge in [-0.05, 0) is 43.3 Å². The summed E-state index contributed by atoms with van der Waals surface area (Å²) in [6.07, 6.45) is -0.831. The van der Waals surface area contributed by atoms with Gasteiger partial charge in [0.05, 0.1) is 17.8 Å². The van der Waals surface area contributed by atoms with E-state index in [2.05, 4.69) is 10.6 Å². The molecule has 2 aromatic carbocycles. The van der Waals surface area contributed by atoms with Crippen molar-refractivity contribution in [2.45, 2.75) is 20.0 Å². The van der Waals surface area contributed by atoms with E-state index in [1.54, 1.807) is 37.3 Å². The van der Waals surface area contributed by atoms with Gasteiger partial charge in [-0.15, -0.1) is 0 Å². The maximum atomic E-state index is 12.4. The van der Waals surface area contributed by atoms with E-state index in [-0.39, 0.29) is 5.91 Å². The minimum absolute atomic E-state index is 0.221. The molecule has 1 atom stereocenters. The van der Waals surface area contributed by atoms with Crippen LogP contribution in [0.2, 0.25) is 10.0 Å². The SMILES string of the molecule is COc1ccc(NC(C)=O)cc1NC(=O)C(C)Oc1ccc(Cl)cc1Cl. The molecule has 26 heavy (non-hydrogen) atoms. The zero-order valence-corrected chi connectivity index (χ0v) is 15.9. The minimum atomic E-state index is -0.831. The fraction of sp³-hybridized carbons (Fsp3) is 0.222. The normalized spacial score (nSPS) is 11.4. The highest BCUT2D eigenvalue weighted by atomic mass is 35.5. The Morgan fingerprint density at radius 1 is 1.04 bits per heavy atom. The van der Waals surface area contributed by atoms with E-state index >= 15 is 0 Å². The number of nitrogens with one attached hydrogen (secondary N) is 2. The van der Waals surface area contributed by atoms with Crippen LogP contribution in [0.1, 0.15) is 13.8 Å². The zero-order chi connectivity index (χ0) is 19.3. The maximum absolute atomic E-state index is 12.4. The van der Waals surface area contributed by atoms with Crippen molar-refractivity contribution in [1.82, 2.24) is 0 Å². The summed E-state index contributed by atoms with van der Waals surface area (Å²) in [5.74, 6) is 0.165. The number of carbonyl (C=O) groups is 2. The van der Waals surface area contributed by atoms with E-state index in [0.29, 0.717) is 32.9 Å². The lowest BCUT2D eigenvalue weighted by Crippen LogP contribution is -2.30.